The van der Waals surface area contributed by atoms with Crippen molar-refractivity contribution in [2.24, 2.45) is 0 Å². The van der Waals surface area contributed by atoms with Crippen molar-refractivity contribution in [1.29, 1.82) is 0 Å². The van der Waals surface area contributed by atoms with E-state index in [-0.39, 0.29) is 5.91 Å². The maximum atomic E-state index is 12.3. The number of nitrogens with one attached hydrogen (secondary N) is 3. The van der Waals surface area contributed by atoms with Crippen LogP contribution in [-0.4, -0.2) is 34.2 Å². The lowest BCUT2D eigenvalue weighted by molar-refractivity contribution is 0.0954. The highest BCUT2D eigenvalue weighted by Crippen LogP contribution is 2.13. The molecule has 138 valence electrons. The Morgan fingerprint density at radius 2 is 1.67 bits per heavy atom. The van der Waals surface area contributed by atoms with E-state index in [2.05, 4.69) is 31.1 Å². The highest BCUT2D eigenvalue weighted by atomic mass is 16.1. The normalized spacial score (nSPS) is 10.3. The first kappa shape index (κ1) is 18.3. The number of anilines is 3. The molecule has 2 aromatic heterocycles. The molecular formula is C20H22N6O. The number of aryl methyl sites for hydroxylation is 2. The molecule has 0 saturated carbocycles. The highest BCUT2D eigenvalue weighted by Gasteiger charge is 2.08. The Hall–Kier alpha value is -3.48. The zero-order valence-electron chi connectivity index (χ0n) is 15.4. The number of aromatic nitrogens is 3. The number of carbonyl (C=O) groups excluding carboxylic acids is 1. The molecule has 7 nitrogen and oxygen atoms in total. The van der Waals surface area contributed by atoms with Crippen LogP contribution < -0.4 is 16.0 Å². The van der Waals surface area contributed by atoms with Crippen LogP contribution in [0.15, 0.2) is 54.9 Å². The lowest BCUT2D eigenvalue weighted by Gasteiger charge is -2.10. The van der Waals surface area contributed by atoms with E-state index in [0.717, 1.165) is 16.8 Å². The summed E-state index contributed by atoms with van der Waals surface area (Å²) in [6.45, 7) is 4.96. The van der Waals surface area contributed by atoms with Gasteiger partial charge in [0, 0.05) is 36.7 Å². The molecule has 7 heteroatoms. The average Bonchev–Trinajstić information content (AvgIpc) is 2.69. The molecule has 0 saturated heterocycles. The van der Waals surface area contributed by atoms with Crippen molar-refractivity contribution in [2.45, 2.75) is 13.8 Å². The van der Waals surface area contributed by atoms with Crippen LogP contribution in [0.25, 0.3) is 0 Å². The number of hydrogen-bond acceptors (Lipinski definition) is 6. The summed E-state index contributed by atoms with van der Waals surface area (Å²) in [6.07, 6.45) is 3.41. The van der Waals surface area contributed by atoms with Crippen molar-refractivity contribution in [2.75, 3.05) is 23.7 Å². The lowest BCUT2D eigenvalue weighted by Crippen LogP contribution is -2.29. The van der Waals surface area contributed by atoms with Gasteiger partial charge in [0.15, 0.2) is 5.82 Å². The van der Waals surface area contributed by atoms with E-state index in [1.807, 2.05) is 56.3 Å². The van der Waals surface area contributed by atoms with E-state index in [1.54, 1.807) is 12.4 Å². The molecular weight excluding hydrogens is 340 g/mol. The Morgan fingerprint density at radius 1 is 0.926 bits per heavy atom. The fraction of sp³-hybridized carbons (Fsp3) is 0.200. The maximum Gasteiger partial charge on any atom is 0.251 e. The predicted octanol–water partition coefficient (Wildman–Crippen LogP) is 3.07. The number of hydrogen-bond donors (Lipinski definition) is 3. The van der Waals surface area contributed by atoms with Crippen molar-refractivity contribution < 1.29 is 4.79 Å². The molecule has 0 bridgehead atoms. The van der Waals surface area contributed by atoms with E-state index in [4.69, 9.17) is 0 Å². The SMILES string of the molecule is Cc1ccc(C)c(C(=O)NCCNc2ccc(Nc3ccncc3)nn2)c1. The average molecular weight is 362 g/mol. The van der Waals surface area contributed by atoms with Crippen LogP contribution in [0.1, 0.15) is 21.5 Å². The van der Waals surface area contributed by atoms with Gasteiger partial charge in [-0.3, -0.25) is 9.78 Å². The first-order chi connectivity index (χ1) is 13.1. The van der Waals surface area contributed by atoms with Gasteiger partial charge >= 0.3 is 0 Å². The third-order valence-electron chi connectivity index (χ3n) is 3.97. The molecule has 0 aliphatic rings. The number of amides is 1. The molecule has 0 spiro atoms. The van der Waals surface area contributed by atoms with Gasteiger partial charge in [0.1, 0.15) is 5.82 Å². The molecule has 3 N–H and O–H groups in total. The summed E-state index contributed by atoms with van der Waals surface area (Å²) in [7, 11) is 0. The standard InChI is InChI=1S/C20H22N6O/c1-14-3-4-15(2)17(13-14)20(27)23-12-11-22-18-5-6-19(26-25-18)24-16-7-9-21-10-8-16/h3-10,13H,11-12H2,1-2H3,(H,22,25)(H,23,27)(H,21,24,26). The maximum absolute atomic E-state index is 12.3. The molecule has 1 amide bonds. The number of nitrogens with zero attached hydrogens (tertiary/aromatic N) is 3. The summed E-state index contributed by atoms with van der Waals surface area (Å²) < 4.78 is 0. The summed E-state index contributed by atoms with van der Waals surface area (Å²) >= 11 is 0. The number of benzene rings is 1. The van der Waals surface area contributed by atoms with Gasteiger partial charge in [-0.2, -0.15) is 0 Å². The van der Waals surface area contributed by atoms with Crippen molar-refractivity contribution in [3.8, 4) is 0 Å². The van der Waals surface area contributed by atoms with Crippen LogP contribution in [0.4, 0.5) is 17.3 Å². The zero-order valence-corrected chi connectivity index (χ0v) is 15.4. The van der Waals surface area contributed by atoms with Crippen molar-refractivity contribution in [3.05, 3.63) is 71.5 Å². The van der Waals surface area contributed by atoms with Gasteiger partial charge in [0.05, 0.1) is 0 Å². The molecule has 0 fully saturated rings. The molecule has 0 aliphatic heterocycles. The first-order valence-corrected chi connectivity index (χ1v) is 8.72. The second-order valence-corrected chi connectivity index (χ2v) is 6.17. The molecule has 3 aromatic rings. The Morgan fingerprint density at radius 3 is 2.41 bits per heavy atom. The van der Waals surface area contributed by atoms with E-state index in [1.165, 1.54) is 0 Å². The predicted molar refractivity (Wildman–Crippen MR) is 106 cm³/mol. The Labute approximate surface area is 158 Å². The summed E-state index contributed by atoms with van der Waals surface area (Å²) in [5.74, 6) is 1.23. The van der Waals surface area contributed by atoms with E-state index in [9.17, 15) is 4.79 Å². The van der Waals surface area contributed by atoms with Crippen molar-refractivity contribution in [1.82, 2.24) is 20.5 Å². The van der Waals surface area contributed by atoms with Crippen LogP contribution in [-0.2, 0) is 0 Å². The molecule has 0 aliphatic carbocycles. The molecule has 2 heterocycles. The Bertz CT molecular complexity index is 896. The highest BCUT2D eigenvalue weighted by molar-refractivity contribution is 5.95. The summed E-state index contributed by atoms with van der Waals surface area (Å²) in [5.41, 5.74) is 3.64. The second kappa shape index (κ2) is 8.75. The van der Waals surface area contributed by atoms with E-state index in [0.29, 0.717) is 30.3 Å². The molecule has 27 heavy (non-hydrogen) atoms. The van der Waals surface area contributed by atoms with Crippen LogP contribution in [0.3, 0.4) is 0 Å². The smallest absolute Gasteiger partial charge is 0.251 e. The van der Waals surface area contributed by atoms with Gasteiger partial charge in [-0.05, 0) is 49.7 Å². The van der Waals surface area contributed by atoms with Crippen molar-refractivity contribution >= 4 is 23.2 Å². The summed E-state index contributed by atoms with van der Waals surface area (Å²) in [6, 6.07) is 13.2. The van der Waals surface area contributed by atoms with Gasteiger partial charge in [-0.1, -0.05) is 17.7 Å². The lowest BCUT2D eigenvalue weighted by atomic mass is 10.1. The van der Waals surface area contributed by atoms with Gasteiger partial charge in [-0.25, -0.2) is 0 Å². The Kier molecular flexibility index (Phi) is 5.94. The van der Waals surface area contributed by atoms with Gasteiger partial charge in [0.2, 0.25) is 0 Å². The largest absolute Gasteiger partial charge is 0.367 e. The second-order valence-electron chi connectivity index (χ2n) is 6.17. The Balaban J connectivity index is 1.45. The minimum absolute atomic E-state index is 0.0685. The zero-order chi connectivity index (χ0) is 19.1. The van der Waals surface area contributed by atoms with Crippen molar-refractivity contribution in [3.63, 3.8) is 0 Å². The monoisotopic (exact) mass is 362 g/mol. The quantitative estimate of drug-likeness (QED) is 0.560. The topological polar surface area (TPSA) is 91.8 Å². The summed E-state index contributed by atoms with van der Waals surface area (Å²) in [5, 5.41) is 17.4. The van der Waals surface area contributed by atoms with E-state index >= 15 is 0 Å². The summed E-state index contributed by atoms with van der Waals surface area (Å²) in [4.78, 5) is 16.2. The number of pyridine rings is 1. The fourth-order valence-corrected chi connectivity index (χ4v) is 2.52. The van der Waals surface area contributed by atoms with Crippen LogP contribution in [0.2, 0.25) is 0 Å². The molecule has 0 radical (unpaired) electrons. The van der Waals surface area contributed by atoms with Gasteiger partial charge < -0.3 is 16.0 Å². The number of rotatable bonds is 7. The molecule has 1 aromatic carbocycles. The van der Waals surface area contributed by atoms with Gasteiger partial charge in [0.25, 0.3) is 5.91 Å². The fourth-order valence-electron chi connectivity index (χ4n) is 2.52. The van der Waals surface area contributed by atoms with E-state index < -0.39 is 0 Å². The molecule has 0 atom stereocenters. The molecule has 0 unspecified atom stereocenters. The molecule has 3 rings (SSSR count). The van der Waals surface area contributed by atoms with Gasteiger partial charge in [-0.15, -0.1) is 10.2 Å². The minimum Gasteiger partial charge on any atom is -0.367 e. The van der Waals surface area contributed by atoms with Crippen LogP contribution in [0.5, 0.6) is 0 Å². The first-order valence-electron chi connectivity index (χ1n) is 8.72. The third kappa shape index (κ3) is 5.24. The third-order valence-corrected chi connectivity index (χ3v) is 3.97. The van der Waals surface area contributed by atoms with Crippen LogP contribution in [0, 0.1) is 13.8 Å². The number of carbonyl (C=O) groups is 1. The van der Waals surface area contributed by atoms with Crippen LogP contribution >= 0.6 is 0 Å². The minimum atomic E-state index is -0.0685.